The summed E-state index contributed by atoms with van der Waals surface area (Å²) in [5.74, 6) is 1.71. The van der Waals surface area contributed by atoms with Crippen LogP contribution in [0.2, 0.25) is 0 Å². The average molecular weight is 529 g/mol. The third-order valence-electron chi connectivity index (χ3n) is 6.40. The number of fused-ring (bicyclic) bond motifs is 1. The molecule has 0 saturated carbocycles. The number of carbonyl (C=O) groups excluding carboxylic acids is 1. The van der Waals surface area contributed by atoms with E-state index in [2.05, 4.69) is 24.4 Å². The van der Waals surface area contributed by atoms with Crippen LogP contribution >= 0.6 is 11.8 Å². The Hall–Kier alpha value is -2.71. The van der Waals surface area contributed by atoms with E-state index in [-0.39, 0.29) is 6.03 Å². The van der Waals surface area contributed by atoms with Crippen molar-refractivity contribution in [2.75, 3.05) is 43.1 Å². The standard InChI is InChI=1S/C29H40N2O5S/c1-3-5-18-37-19-16-31(29(34)30-25-12-11-23-7-6-8-24(23)21-25)15-17-36-26-13-9-22(10-14-26)20-27(28(32)33)35-4-2/h9-14,21,27H,3-8,15-20H2,1-2H3,(H,30,34)(H,32,33). The molecule has 0 saturated heterocycles. The molecule has 0 heterocycles. The Labute approximate surface area is 224 Å². The second-order valence-corrected chi connectivity index (χ2v) is 10.4. The van der Waals surface area contributed by atoms with Crippen LogP contribution in [0.1, 0.15) is 49.8 Å². The molecule has 37 heavy (non-hydrogen) atoms. The topological polar surface area (TPSA) is 88.1 Å². The fourth-order valence-electron chi connectivity index (χ4n) is 4.32. The molecule has 1 unspecified atom stereocenters. The summed E-state index contributed by atoms with van der Waals surface area (Å²) in [7, 11) is 0. The maximum Gasteiger partial charge on any atom is 0.333 e. The van der Waals surface area contributed by atoms with E-state index >= 15 is 0 Å². The van der Waals surface area contributed by atoms with Gasteiger partial charge in [0.25, 0.3) is 0 Å². The minimum Gasteiger partial charge on any atom is -0.492 e. The number of carbonyl (C=O) groups is 2. The van der Waals surface area contributed by atoms with Crippen LogP contribution in [-0.2, 0) is 28.8 Å². The number of amides is 2. The van der Waals surface area contributed by atoms with E-state index in [9.17, 15) is 14.7 Å². The number of ether oxygens (including phenoxy) is 2. The van der Waals surface area contributed by atoms with Crippen LogP contribution in [0.5, 0.6) is 5.75 Å². The van der Waals surface area contributed by atoms with E-state index in [0.29, 0.717) is 38.5 Å². The summed E-state index contributed by atoms with van der Waals surface area (Å²) in [5, 5.41) is 12.4. The first-order valence-electron chi connectivity index (χ1n) is 13.3. The predicted octanol–water partition coefficient (Wildman–Crippen LogP) is 5.65. The Kier molecular flexibility index (Phi) is 12.1. The molecule has 202 valence electrons. The van der Waals surface area contributed by atoms with Crippen molar-refractivity contribution in [2.45, 2.75) is 58.5 Å². The average Bonchev–Trinajstić information content (AvgIpc) is 3.36. The number of carboxylic acid groups (broad SMARTS) is 1. The number of hydrogen-bond donors (Lipinski definition) is 2. The quantitative estimate of drug-likeness (QED) is 0.274. The molecular formula is C29H40N2O5S. The maximum atomic E-state index is 13.1. The third-order valence-corrected chi connectivity index (χ3v) is 7.45. The van der Waals surface area contributed by atoms with Crippen molar-refractivity contribution in [1.29, 1.82) is 0 Å². The minimum absolute atomic E-state index is 0.108. The van der Waals surface area contributed by atoms with E-state index in [1.54, 1.807) is 6.92 Å². The summed E-state index contributed by atoms with van der Waals surface area (Å²) in [6.07, 6.45) is 5.17. The van der Waals surface area contributed by atoms with Gasteiger partial charge >= 0.3 is 12.0 Å². The van der Waals surface area contributed by atoms with Crippen LogP contribution in [0.15, 0.2) is 42.5 Å². The van der Waals surface area contributed by atoms with Gasteiger partial charge < -0.3 is 24.8 Å². The van der Waals surface area contributed by atoms with Crippen molar-refractivity contribution >= 4 is 29.4 Å². The number of benzene rings is 2. The van der Waals surface area contributed by atoms with Crippen molar-refractivity contribution in [3.05, 3.63) is 59.2 Å². The minimum atomic E-state index is -0.965. The SMILES string of the molecule is CCCCSCCN(CCOc1ccc(CC(OCC)C(=O)O)cc1)C(=O)Nc1ccc2c(c1)CCC2. The van der Waals surface area contributed by atoms with Crippen molar-refractivity contribution < 1.29 is 24.2 Å². The lowest BCUT2D eigenvalue weighted by atomic mass is 10.1. The molecule has 1 aliphatic carbocycles. The Bertz CT molecular complexity index is 998. The number of carboxylic acids is 1. The molecule has 8 heteroatoms. The third kappa shape index (κ3) is 9.59. The zero-order valence-electron chi connectivity index (χ0n) is 22.0. The number of unbranched alkanes of at least 4 members (excludes halogenated alkanes) is 1. The van der Waals surface area contributed by atoms with E-state index in [4.69, 9.17) is 9.47 Å². The van der Waals surface area contributed by atoms with E-state index in [0.717, 1.165) is 35.6 Å². The lowest BCUT2D eigenvalue weighted by Crippen LogP contribution is -2.39. The van der Waals surface area contributed by atoms with Crippen LogP contribution < -0.4 is 10.1 Å². The molecule has 7 nitrogen and oxygen atoms in total. The zero-order chi connectivity index (χ0) is 26.5. The number of urea groups is 1. The van der Waals surface area contributed by atoms with Gasteiger partial charge in [-0.2, -0.15) is 11.8 Å². The predicted molar refractivity (Wildman–Crippen MR) is 150 cm³/mol. The highest BCUT2D eigenvalue weighted by molar-refractivity contribution is 7.99. The fourth-order valence-corrected chi connectivity index (χ4v) is 5.36. The number of thioether (sulfide) groups is 1. The molecule has 1 atom stereocenters. The number of aliphatic carboxylic acids is 1. The number of nitrogens with zero attached hydrogens (tertiary/aromatic N) is 1. The Balaban J connectivity index is 1.53. The van der Waals surface area contributed by atoms with Gasteiger partial charge in [0.15, 0.2) is 6.10 Å². The van der Waals surface area contributed by atoms with Gasteiger partial charge in [-0.25, -0.2) is 9.59 Å². The van der Waals surface area contributed by atoms with Gasteiger partial charge in [-0.15, -0.1) is 0 Å². The highest BCUT2D eigenvalue weighted by Crippen LogP contribution is 2.25. The summed E-state index contributed by atoms with van der Waals surface area (Å²) in [6.45, 7) is 5.81. The van der Waals surface area contributed by atoms with E-state index < -0.39 is 12.1 Å². The largest absolute Gasteiger partial charge is 0.492 e. The number of nitrogens with one attached hydrogen (secondary N) is 1. The van der Waals surface area contributed by atoms with Crippen LogP contribution in [0, 0.1) is 0 Å². The lowest BCUT2D eigenvalue weighted by molar-refractivity contribution is -0.149. The first-order valence-corrected chi connectivity index (χ1v) is 14.5. The van der Waals surface area contributed by atoms with Crippen molar-refractivity contribution in [3.8, 4) is 5.75 Å². The maximum absolute atomic E-state index is 13.1. The summed E-state index contributed by atoms with van der Waals surface area (Å²) in [6, 6.07) is 13.5. The van der Waals surface area contributed by atoms with Gasteiger partial charge in [0.05, 0.1) is 6.54 Å². The van der Waals surface area contributed by atoms with E-state index in [1.165, 1.54) is 30.4 Å². The van der Waals surface area contributed by atoms with Gasteiger partial charge in [-0.05, 0) is 79.3 Å². The molecule has 0 radical (unpaired) electrons. The molecule has 0 bridgehead atoms. The molecule has 0 fully saturated rings. The highest BCUT2D eigenvalue weighted by atomic mass is 32.2. The van der Waals surface area contributed by atoms with Gasteiger partial charge in [-0.3, -0.25) is 0 Å². The molecule has 1 aliphatic rings. The Morgan fingerprint density at radius 1 is 1.05 bits per heavy atom. The zero-order valence-corrected chi connectivity index (χ0v) is 22.9. The molecule has 0 aromatic heterocycles. The smallest absolute Gasteiger partial charge is 0.333 e. The molecule has 2 amide bonds. The number of aryl methyl sites for hydroxylation is 2. The molecule has 2 aromatic carbocycles. The first kappa shape index (κ1) is 28.9. The lowest BCUT2D eigenvalue weighted by Gasteiger charge is -2.23. The van der Waals surface area contributed by atoms with Crippen LogP contribution in [-0.4, -0.2) is 65.9 Å². The van der Waals surface area contributed by atoms with Gasteiger partial charge in [0.2, 0.25) is 0 Å². The fraction of sp³-hybridized carbons (Fsp3) is 0.517. The Morgan fingerprint density at radius 2 is 1.84 bits per heavy atom. The molecule has 0 aliphatic heterocycles. The van der Waals surface area contributed by atoms with Crippen LogP contribution in [0.3, 0.4) is 0 Å². The van der Waals surface area contributed by atoms with Crippen molar-refractivity contribution in [3.63, 3.8) is 0 Å². The number of anilines is 1. The van der Waals surface area contributed by atoms with Crippen LogP contribution in [0.25, 0.3) is 0 Å². The van der Waals surface area contributed by atoms with Crippen molar-refractivity contribution in [2.24, 2.45) is 0 Å². The van der Waals surface area contributed by atoms with Gasteiger partial charge in [0.1, 0.15) is 12.4 Å². The summed E-state index contributed by atoms with van der Waals surface area (Å²) < 4.78 is 11.2. The molecule has 2 aromatic rings. The summed E-state index contributed by atoms with van der Waals surface area (Å²) in [5.41, 5.74) is 4.44. The normalized spacial score (nSPS) is 13.1. The highest BCUT2D eigenvalue weighted by Gasteiger charge is 2.18. The van der Waals surface area contributed by atoms with Crippen LogP contribution in [0.4, 0.5) is 10.5 Å². The number of rotatable bonds is 16. The monoisotopic (exact) mass is 528 g/mol. The Morgan fingerprint density at radius 3 is 2.57 bits per heavy atom. The molecular weight excluding hydrogens is 488 g/mol. The first-order chi connectivity index (χ1) is 18.0. The molecule has 2 N–H and O–H groups in total. The summed E-state index contributed by atoms with van der Waals surface area (Å²) in [4.78, 5) is 26.3. The second-order valence-electron chi connectivity index (χ2n) is 9.20. The molecule has 0 spiro atoms. The molecule has 3 rings (SSSR count). The second kappa shape index (κ2) is 15.5. The van der Waals surface area contributed by atoms with E-state index in [1.807, 2.05) is 47.0 Å². The number of hydrogen-bond acceptors (Lipinski definition) is 5. The van der Waals surface area contributed by atoms with Crippen molar-refractivity contribution in [1.82, 2.24) is 4.90 Å². The van der Waals surface area contributed by atoms with Gasteiger partial charge in [-0.1, -0.05) is 31.5 Å². The summed E-state index contributed by atoms with van der Waals surface area (Å²) >= 11 is 1.87. The van der Waals surface area contributed by atoms with Gasteiger partial charge in [0, 0.05) is 31.0 Å².